The van der Waals surface area contributed by atoms with Crippen LogP contribution in [0, 0.1) is 0 Å². The van der Waals surface area contributed by atoms with Crippen molar-refractivity contribution in [3.8, 4) is 22.3 Å². The Balaban J connectivity index is 1.12. The minimum absolute atomic E-state index is 0.867. The molecular formula is C46H29NO2. The number of hydrogen-bond acceptors (Lipinski definition) is 3. The van der Waals surface area contributed by atoms with E-state index in [0.717, 1.165) is 72.1 Å². The van der Waals surface area contributed by atoms with E-state index in [0.29, 0.717) is 0 Å². The first kappa shape index (κ1) is 27.5. The lowest BCUT2D eigenvalue weighted by molar-refractivity contribution is 0.668. The zero-order valence-corrected chi connectivity index (χ0v) is 26.5. The van der Waals surface area contributed by atoms with Gasteiger partial charge in [0.1, 0.15) is 22.3 Å². The molecule has 0 spiro atoms. The van der Waals surface area contributed by atoms with E-state index >= 15 is 0 Å². The van der Waals surface area contributed by atoms with E-state index in [2.05, 4.69) is 150 Å². The molecule has 3 nitrogen and oxygen atoms in total. The first-order chi connectivity index (χ1) is 24.3. The third-order valence-electron chi connectivity index (χ3n) is 9.67. The van der Waals surface area contributed by atoms with Gasteiger partial charge >= 0.3 is 0 Å². The molecule has 2 heterocycles. The van der Waals surface area contributed by atoms with Crippen LogP contribution in [0.5, 0.6) is 0 Å². The van der Waals surface area contributed by atoms with Crippen molar-refractivity contribution in [3.63, 3.8) is 0 Å². The molecule has 0 fully saturated rings. The topological polar surface area (TPSA) is 29.5 Å². The zero-order chi connectivity index (χ0) is 32.3. The van der Waals surface area contributed by atoms with E-state index in [9.17, 15) is 0 Å². The molecule has 0 aliphatic heterocycles. The van der Waals surface area contributed by atoms with Crippen molar-refractivity contribution in [2.75, 3.05) is 4.90 Å². The summed E-state index contributed by atoms with van der Waals surface area (Å²) in [5.41, 5.74) is 11.4. The molecule has 49 heavy (non-hydrogen) atoms. The fourth-order valence-electron chi connectivity index (χ4n) is 7.35. The Hall–Kier alpha value is -6.58. The molecule has 0 aliphatic carbocycles. The molecule has 3 heteroatoms. The summed E-state index contributed by atoms with van der Waals surface area (Å²) in [6.45, 7) is 0. The Morgan fingerprint density at radius 1 is 0.347 bits per heavy atom. The van der Waals surface area contributed by atoms with Gasteiger partial charge in [-0.25, -0.2) is 0 Å². The predicted molar refractivity (Wildman–Crippen MR) is 204 cm³/mol. The molecule has 0 aliphatic rings. The minimum atomic E-state index is 0.867. The van der Waals surface area contributed by atoms with E-state index in [4.69, 9.17) is 8.83 Å². The molecule has 0 atom stereocenters. The van der Waals surface area contributed by atoms with E-state index in [1.807, 2.05) is 30.3 Å². The maximum atomic E-state index is 6.34. The van der Waals surface area contributed by atoms with Crippen LogP contribution >= 0.6 is 0 Å². The summed E-state index contributed by atoms with van der Waals surface area (Å²) in [7, 11) is 0. The van der Waals surface area contributed by atoms with Crippen LogP contribution < -0.4 is 4.90 Å². The molecule has 230 valence electrons. The lowest BCUT2D eigenvalue weighted by atomic mass is 9.98. The van der Waals surface area contributed by atoms with Crippen molar-refractivity contribution < 1.29 is 8.83 Å². The zero-order valence-electron chi connectivity index (χ0n) is 26.5. The quantitative estimate of drug-likeness (QED) is 0.190. The van der Waals surface area contributed by atoms with E-state index in [1.165, 1.54) is 21.9 Å². The number of furan rings is 2. The average Bonchev–Trinajstić information content (AvgIpc) is 3.74. The number of para-hydroxylation sites is 2. The Morgan fingerprint density at radius 2 is 0.878 bits per heavy atom. The molecule has 0 unspecified atom stereocenters. The van der Waals surface area contributed by atoms with Crippen molar-refractivity contribution >= 4 is 71.7 Å². The number of rotatable bonds is 5. The van der Waals surface area contributed by atoms with Crippen molar-refractivity contribution in [2.45, 2.75) is 0 Å². The predicted octanol–water partition coefficient (Wildman–Crippen LogP) is 13.4. The van der Waals surface area contributed by atoms with Gasteiger partial charge in [0.25, 0.3) is 0 Å². The maximum Gasteiger partial charge on any atom is 0.137 e. The van der Waals surface area contributed by atoms with Crippen LogP contribution in [-0.2, 0) is 0 Å². The number of fused-ring (bicyclic) bond motifs is 7. The summed E-state index contributed by atoms with van der Waals surface area (Å²) in [5.74, 6) is 0. The smallest absolute Gasteiger partial charge is 0.137 e. The second-order valence-corrected chi connectivity index (χ2v) is 12.5. The van der Waals surface area contributed by atoms with Gasteiger partial charge in [-0.2, -0.15) is 0 Å². The monoisotopic (exact) mass is 627 g/mol. The van der Waals surface area contributed by atoms with Crippen molar-refractivity contribution in [1.29, 1.82) is 0 Å². The van der Waals surface area contributed by atoms with Gasteiger partial charge in [0.15, 0.2) is 0 Å². The Morgan fingerprint density at radius 3 is 1.59 bits per heavy atom. The summed E-state index contributed by atoms with van der Waals surface area (Å²) in [4.78, 5) is 2.34. The number of nitrogens with zero attached hydrogens (tertiary/aromatic N) is 1. The molecule has 0 N–H and O–H groups in total. The van der Waals surface area contributed by atoms with Crippen LogP contribution in [0.2, 0.25) is 0 Å². The third kappa shape index (κ3) is 4.51. The second-order valence-electron chi connectivity index (χ2n) is 12.5. The average molecular weight is 628 g/mol. The first-order valence-electron chi connectivity index (χ1n) is 16.6. The van der Waals surface area contributed by atoms with Crippen LogP contribution in [0.25, 0.3) is 76.9 Å². The number of anilines is 3. The molecule has 0 radical (unpaired) electrons. The highest BCUT2D eigenvalue weighted by atomic mass is 16.3. The number of benzene rings is 8. The first-order valence-corrected chi connectivity index (χ1v) is 16.6. The highest BCUT2D eigenvalue weighted by molar-refractivity contribution is 6.14. The van der Waals surface area contributed by atoms with Gasteiger partial charge in [0.05, 0.1) is 11.1 Å². The molecule has 8 aromatic carbocycles. The standard InChI is InChI=1S/C46H29NO2/c1-2-10-33-29-34(20-19-30(33)9-1)31-21-25-35(26-22-31)47(40-14-8-18-44-46(40)39-12-4-6-16-42(39)49-44)36-27-23-32(24-28-36)37-13-7-17-43-45(37)38-11-3-5-15-41(38)48-43/h1-29H. The van der Waals surface area contributed by atoms with Gasteiger partial charge in [-0.05, 0) is 93.7 Å². The van der Waals surface area contributed by atoms with Gasteiger partial charge in [-0.1, -0.05) is 115 Å². The van der Waals surface area contributed by atoms with Gasteiger partial charge in [-0.15, -0.1) is 0 Å². The van der Waals surface area contributed by atoms with Crippen molar-refractivity contribution in [2.24, 2.45) is 0 Å². The van der Waals surface area contributed by atoms with Crippen molar-refractivity contribution in [1.82, 2.24) is 0 Å². The Labute approximate surface area is 282 Å². The largest absolute Gasteiger partial charge is 0.456 e. The molecule has 0 saturated heterocycles. The molecule has 0 saturated carbocycles. The highest BCUT2D eigenvalue weighted by Gasteiger charge is 2.20. The van der Waals surface area contributed by atoms with Gasteiger partial charge < -0.3 is 13.7 Å². The van der Waals surface area contributed by atoms with Crippen LogP contribution in [0.1, 0.15) is 0 Å². The Bertz CT molecular complexity index is 2820. The van der Waals surface area contributed by atoms with E-state index < -0.39 is 0 Å². The lowest BCUT2D eigenvalue weighted by Crippen LogP contribution is -2.10. The lowest BCUT2D eigenvalue weighted by Gasteiger charge is -2.26. The number of hydrogen-bond donors (Lipinski definition) is 0. The minimum Gasteiger partial charge on any atom is -0.456 e. The highest BCUT2D eigenvalue weighted by Crippen LogP contribution is 2.44. The van der Waals surface area contributed by atoms with Crippen LogP contribution in [0.15, 0.2) is 185 Å². The summed E-state index contributed by atoms with van der Waals surface area (Å²) >= 11 is 0. The molecule has 2 aromatic heterocycles. The summed E-state index contributed by atoms with van der Waals surface area (Å²) in [6.07, 6.45) is 0. The van der Waals surface area contributed by atoms with Crippen molar-refractivity contribution in [3.05, 3.63) is 176 Å². The summed E-state index contributed by atoms with van der Waals surface area (Å²) in [6, 6.07) is 62.1. The van der Waals surface area contributed by atoms with Crippen LogP contribution in [-0.4, -0.2) is 0 Å². The molecule has 0 bridgehead atoms. The fourth-order valence-corrected chi connectivity index (χ4v) is 7.35. The SMILES string of the molecule is c1ccc2cc(-c3ccc(N(c4ccc(-c5cccc6oc7ccccc7c56)cc4)c4cccc5oc6ccccc6c45)cc3)ccc2c1. The molecule has 10 aromatic rings. The van der Waals surface area contributed by atoms with Gasteiger partial charge in [0.2, 0.25) is 0 Å². The second kappa shape index (κ2) is 11.0. The molecular weight excluding hydrogens is 599 g/mol. The van der Waals surface area contributed by atoms with Crippen LogP contribution in [0.3, 0.4) is 0 Å². The fraction of sp³-hybridized carbons (Fsp3) is 0. The van der Waals surface area contributed by atoms with E-state index in [-0.39, 0.29) is 0 Å². The van der Waals surface area contributed by atoms with Gasteiger partial charge in [0, 0.05) is 27.5 Å². The maximum absolute atomic E-state index is 6.34. The van der Waals surface area contributed by atoms with Crippen LogP contribution in [0.4, 0.5) is 17.1 Å². The summed E-state index contributed by atoms with van der Waals surface area (Å²) in [5, 5.41) is 6.94. The van der Waals surface area contributed by atoms with E-state index in [1.54, 1.807) is 0 Å². The van der Waals surface area contributed by atoms with Gasteiger partial charge in [-0.3, -0.25) is 0 Å². The molecule has 10 rings (SSSR count). The normalized spacial score (nSPS) is 11.7. The molecule has 0 amide bonds. The summed E-state index contributed by atoms with van der Waals surface area (Å²) < 4.78 is 12.5. The third-order valence-corrected chi connectivity index (χ3v) is 9.67. The Kier molecular flexibility index (Phi) is 6.18.